The highest BCUT2D eigenvalue weighted by Crippen LogP contribution is 2.65. The summed E-state index contributed by atoms with van der Waals surface area (Å²) in [5.41, 5.74) is 22.1. The summed E-state index contributed by atoms with van der Waals surface area (Å²) in [6.07, 6.45) is 0. The van der Waals surface area contributed by atoms with Gasteiger partial charge in [-0.15, -0.1) is 0 Å². The van der Waals surface area contributed by atoms with Gasteiger partial charge in [-0.25, -0.2) is 0 Å². The van der Waals surface area contributed by atoms with Crippen LogP contribution in [0.25, 0.3) is 55.3 Å². The van der Waals surface area contributed by atoms with Crippen molar-refractivity contribution in [2.24, 2.45) is 0 Å². The molecule has 14 rings (SSSR count). The highest BCUT2D eigenvalue weighted by atomic mass is 16.3. The Morgan fingerprint density at radius 2 is 0.734 bits per heavy atom. The Hall–Kier alpha value is -8.20. The van der Waals surface area contributed by atoms with Gasteiger partial charge < -0.3 is 9.32 Å². The van der Waals surface area contributed by atoms with Gasteiger partial charge in [-0.3, -0.25) is 0 Å². The van der Waals surface area contributed by atoms with Crippen LogP contribution in [0.1, 0.15) is 44.5 Å². The largest absolute Gasteiger partial charge is 0.456 e. The van der Waals surface area contributed by atoms with Crippen molar-refractivity contribution in [3.63, 3.8) is 0 Å². The monoisotopic (exact) mass is 813 g/mol. The number of benzene rings is 10. The lowest BCUT2D eigenvalue weighted by Crippen LogP contribution is -2.29. The second-order valence-electron chi connectivity index (χ2n) is 17.5. The lowest BCUT2D eigenvalue weighted by atomic mass is 9.67. The lowest BCUT2D eigenvalue weighted by Gasteiger charge is -2.36. The van der Waals surface area contributed by atoms with Gasteiger partial charge >= 0.3 is 0 Å². The Morgan fingerprint density at radius 3 is 1.33 bits per heavy atom. The zero-order valence-corrected chi connectivity index (χ0v) is 34.9. The van der Waals surface area contributed by atoms with Gasteiger partial charge in [0.1, 0.15) is 11.2 Å². The number of fused-ring (bicyclic) bond motifs is 16. The molecule has 1 heterocycles. The fraction of sp³-hybridized carbons (Fsp3) is 0.0323. The zero-order valence-electron chi connectivity index (χ0n) is 34.9. The molecule has 11 aromatic rings. The number of hydrogen-bond acceptors (Lipinski definition) is 2. The van der Waals surface area contributed by atoms with Crippen LogP contribution in [0.5, 0.6) is 0 Å². The fourth-order valence-electron chi connectivity index (χ4n) is 12.2. The van der Waals surface area contributed by atoms with Crippen LogP contribution in [-0.4, -0.2) is 0 Å². The molecule has 0 aliphatic heterocycles. The van der Waals surface area contributed by atoms with Crippen molar-refractivity contribution in [1.29, 1.82) is 0 Å². The zero-order chi connectivity index (χ0) is 42.0. The number of para-hydroxylation sites is 1. The molecule has 0 saturated carbocycles. The number of nitrogens with zero attached hydrogens (tertiary/aromatic N) is 1. The van der Waals surface area contributed by atoms with E-state index in [0.29, 0.717) is 0 Å². The molecule has 0 unspecified atom stereocenters. The number of rotatable bonds is 5. The summed E-state index contributed by atoms with van der Waals surface area (Å²) in [4.78, 5) is 2.51. The smallest absolute Gasteiger partial charge is 0.135 e. The van der Waals surface area contributed by atoms with Crippen molar-refractivity contribution in [2.75, 3.05) is 4.90 Å². The maximum Gasteiger partial charge on any atom is 0.135 e. The number of furan rings is 1. The summed E-state index contributed by atoms with van der Waals surface area (Å²) in [7, 11) is 0. The van der Waals surface area contributed by atoms with Gasteiger partial charge in [-0.1, -0.05) is 194 Å². The third-order valence-electron chi connectivity index (χ3n) is 14.6. The third-order valence-corrected chi connectivity index (χ3v) is 14.6. The van der Waals surface area contributed by atoms with Crippen molar-refractivity contribution in [3.05, 3.63) is 281 Å². The first-order valence-electron chi connectivity index (χ1n) is 22.3. The molecule has 0 saturated heterocycles. The SMILES string of the molecule is c1ccc(C2(c3ccc(N(c4ccc5oc6ccccc6c5c4)c4cccc5c4C4(c6ccccc6-c6ccccc64)c4ccccc4-5)cc3)c3ccccc3-c3ccccc32)cc1. The van der Waals surface area contributed by atoms with E-state index in [-0.39, 0.29) is 0 Å². The Morgan fingerprint density at radius 1 is 0.297 bits per heavy atom. The first-order chi connectivity index (χ1) is 31.8. The van der Waals surface area contributed by atoms with Crippen molar-refractivity contribution >= 4 is 39.0 Å². The minimum absolute atomic E-state index is 0.497. The van der Waals surface area contributed by atoms with Gasteiger partial charge in [0.05, 0.1) is 16.5 Å². The maximum atomic E-state index is 6.43. The summed E-state index contributed by atoms with van der Waals surface area (Å²) in [5, 5.41) is 2.21. The van der Waals surface area contributed by atoms with Crippen LogP contribution < -0.4 is 4.90 Å². The van der Waals surface area contributed by atoms with E-state index in [2.05, 4.69) is 235 Å². The minimum Gasteiger partial charge on any atom is -0.456 e. The van der Waals surface area contributed by atoms with E-state index in [0.717, 1.165) is 39.0 Å². The predicted molar refractivity (Wildman–Crippen MR) is 262 cm³/mol. The maximum absolute atomic E-state index is 6.43. The van der Waals surface area contributed by atoms with Crippen molar-refractivity contribution in [1.82, 2.24) is 0 Å². The summed E-state index contributed by atoms with van der Waals surface area (Å²) in [6.45, 7) is 0. The molecule has 3 aliphatic carbocycles. The first kappa shape index (κ1) is 35.4. The molecule has 0 fully saturated rings. The molecular weight excluding hydrogens is 775 g/mol. The molecule has 0 N–H and O–H groups in total. The minimum atomic E-state index is -0.533. The average molecular weight is 814 g/mol. The molecule has 0 amide bonds. The van der Waals surface area contributed by atoms with Crippen LogP contribution in [0.3, 0.4) is 0 Å². The van der Waals surface area contributed by atoms with E-state index in [9.17, 15) is 0 Å². The van der Waals surface area contributed by atoms with Gasteiger partial charge in [0.25, 0.3) is 0 Å². The van der Waals surface area contributed by atoms with Gasteiger partial charge in [0, 0.05) is 27.7 Å². The molecule has 2 heteroatoms. The van der Waals surface area contributed by atoms with Crippen LogP contribution in [0.2, 0.25) is 0 Å². The van der Waals surface area contributed by atoms with E-state index < -0.39 is 10.8 Å². The summed E-state index contributed by atoms with van der Waals surface area (Å²) < 4.78 is 6.43. The topological polar surface area (TPSA) is 16.4 Å². The molecule has 0 radical (unpaired) electrons. The Balaban J connectivity index is 1.05. The summed E-state index contributed by atoms with van der Waals surface area (Å²) in [6, 6.07) is 87.7. The van der Waals surface area contributed by atoms with Crippen molar-refractivity contribution in [3.8, 4) is 33.4 Å². The van der Waals surface area contributed by atoms with Gasteiger partial charge in [0.2, 0.25) is 0 Å². The summed E-state index contributed by atoms with van der Waals surface area (Å²) >= 11 is 0. The molecule has 3 aliphatic rings. The Labute approximate surface area is 372 Å². The molecule has 10 aromatic carbocycles. The lowest BCUT2D eigenvalue weighted by molar-refractivity contribution is 0.669. The molecule has 1 spiro atoms. The van der Waals surface area contributed by atoms with Gasteiger partial charge in [-0.05, 0) is 115 Å². The van der Waals surface area contributed by atoms with Gasteiger partial charge in [0.15, 0.2) is 0 Å². The first-order valence-corrected chi connectivity index (χ1v) is 22.3. The van der Waals surface area contributed by atoms with Crippen LogP contribution in [0, 0.1) is 0 Å². The molecule has 298 valence electrons. The third kappa shape index (κ3) is 4.49. The standard InChI is InChI=1S/C62H39NO/c1-2-17-40(18-3-1)61(52-26-10-4-19-44(52)45-20-5-11-27-53(45)61)41-33-35-42(36-34-41)63(43-37-38-59-51(39-43)49-24-9-15-32-58(49)64-59)57-31-16-25-50-48-23-8-14-30-56(48)62(60(50)57)54-28-12-6-21-46(54)47-22-7-13-29-55(47)62/h1-39H. The number of hydrogen-bond donors (Lipinski definition) is 0. The highest BCUT2D eigenvalue weighted by Gasteiger charge is 2.53. The average Bonchev–Trinajstić information content (AvgIpc) is 4.08. The molecule has 64 heavy (non-hydrogen) atoms. The Kier molecular flexibility index (Phi) is 7.28. The van der Waals surface area contributed by atoms with Crippen LogP contribution >= 0.6 is 0 Å². The van der Waals surface area contributed by atoms with Crippen LogP contribution in [0.15, 0.2) is 241 Å². The fourth-order valence-corrected chi connectivity index (χ4v) is 12.2. The van der Waals surface area contributed by atoms with Crippen molar-refractivity contribution in [2.45, 2.75) is 10.8 Å². The van der Waals surface area contributed by atoms with E-state index >= 15 is 0 Å². The van der Waals surface area contributed by atoms with Gasteiger partial charge in [-0.2, -0.15) is 0 Å². The second-order valence-corrected chi connectivity index (χ2v) is 17.5. The second kappa shape index (κ2) is 13.2. The molecule has 0 bridgehead atoms. The van der Waals surface area contributed by atoms with E-state index in [1.807, 2.05) is 6.07 Å². The highest BCUT2D eigenvalue weighted by molar-refractivity contribution is 6.07. The molecule has 0 atom stereocenters. The molecule has 2 nitrogen and oxygen atoms in total. The van der Waals surface area contributed by atoms with E-state index in [1.165, 1.54) is 77.9 Å². The van der Waals surface area contributed by atoms with E-state index in [1.54, 1.807) is 0 Å². The van der Waals surface area contributed by atoms with Crippen LogP contribution in [-0.2, 0) is 10.8 Å². The van der Waals surface area contributed by atoms with Crippen molar-refractivity contribution < 1.29 is 4.42 Å². The van der Waals surface area contributed by atoms with Crippen LogP contribution in [0.4, 0.5) is 17.1 Å². The predicted octanol–water partition coefficient (Wildman–Crippen LogP) is 15.8. The normalized spacial score (nSPS) is 14.2. The molecular formula is C62H39NO. The van der Waals surface area contributed by atoms with E-state index in [4.69, 9.17) is 4.42 Å². The Bertz CT molecular complexity index is 3580. The number of anilines is 3. The summed E-state index contributed by atoms with van der Waals surface area (Å²) in [5.74, 6) is 0. The quantitative estimate of drug-likeness (QED) is 0.172. The molecule has 1 aromatic heterocycles.